The maximum Gasteiger partial charge on any atom is 0.312 e. The zero-order valence-corrected chi connectivity index (χ0v) is 14.6. The molecule has 0 fully saturated rings. The average molecular weight is 364 g/mol. The Bertz CT molecular complexity index is 852. The van der Waals surface area contributed by atoms with Gasteiger partial charge in [-0.15, -0.1) is 11.8 Å². The van der Waals surface area contributed by atoms with E-state index in [0.717, 1.165) is 5.56 Å². The fourth-order valence-corrected chi connectivity index (χ4v) is 4.16. The van der Waals surface area contributed by atoms with Gasteiger partial charge in [-0.3, -0.25) is 19.6 Å². The Morgan fingerprint density at radius 2 is 2.28 bits per heavy atom. The monoisotopic (exact) mass is 364 g/mol. The lowest BCUT2D eigenvalue weighted by Crippen LogP contribution is -2.33. The highest BCUT2D eigenvalue weighted by atomic mass is 32.2. The van der Waals surface area contributed by atoms with Gasteiger partial charge in [0.05, 0.1) is 11.0 Å². The van der Waals surface area contributed by atoms with Crippen molar-refractivity contribution in [2.75, 3.05) is 5.75 Å². The van der Waals surface area contributed by atoms with E-state index < -0.39 is 4.92 Å². The quantitative estimate of drug-likeness (QED) is 0.665. The molecule has 1 aromatic heterocycles. The van der Waals surface area contributed by atoms with Crippen molar-refractivity contribution in [3.63, 3.8) is 0 Å². The first kappa shape index (κ1) is 17.4. The van der Waals surface area contributed by atoms with Gasteiger partial charge in [-0.1, -0.05) is 12.1 Å². The first-order valence-electron chi connectivity index (χ1n) is 7.77. The minimum atomic E-state index is -0.497. The predicted molar refractivity (Wildman–Crippen MR) is 91.0 cm³/mol. The molecule has 25 heavy (non-hydrogen) atoms. The van der Waals surface area contributed by atoms with Gasteiger partial charge in [-0.25, -0.2) is 4.39 Å². The van der Waals surface area contributed by atoms with Crippen LogP contribution in [0.2, 0.25) is 0 Å². The number of hydrogen-bond acceptors (Lipinski definition) is 5. The van der Waals surface area contributed by atoms with Crippen molar-refractivity contribution in [2.24, 2.45) is 0 Å². The second-order valence-corrected chi connectivity index (χ2v) is 6.95. The Hall–Kier alpha value is -2.42. The van der Waals surface area contributed by atoms with Gasteiger partial charge in [0.1, 0.15) is 23.7 Å². The molecule has 0 saturated carbocycles. The third-order valence-corrected chi connectivity index (χ3v) is 5.34. The number of rotatable bonds is 4. The zero-order chi connectivity index (χ0) is 18.1. The van der Waals surface area contributed by atoms with Crippen molar-refractivity contribution in [3.8, 4) is 0 Å². The minimum absolute atomic E-state index is 0.0747. The van der Waals surface area contributed by atoms with Gasteiger partial charge in [0.25, 0.3) is 0 Å². The van der Waals surface area contributed by atoms with Crippen molar-refractivity contribution in [3.05, 3.63) is 51.1 Å². The number of amides is 1. The van der Waals surface area contributed by atoms with Crippen LogP contribution in [-0.2, 0) is 11.3 Å². The van der Waals surface area contributed by atoms with Crippen LogP contribution in [-0.4, -0.2) is 26.4 Å². The summed E-state index contributed by atoms with van der Waals surface area (Å²) < 4.78 is 15.2. The second-order valence-electron chi connectivity index (χ2n) is 5.85. The fraction of sp³-hybridized carbons (Fsp3) is 0.375. The van der Waals surface area contributed by atoms with Crippen LogP contribution in [0.15, 0.2) is 23.1 Å². The van der Waals surface area contributed by atoms with Crippen LogP contribution in [0.25, 0.3) is 0 Å². The summed E-state index contributed by atoms with van der Waals surface area (Å²) in [6.45, 7) is 2.99. The Morgan fingerprint density at radius 1 is 1.52 bits per heavy atom. The molecule has 0 saturated heterocycles. The van der Waals surface area contributed by atoms with Crippen LogP contribution in [0.4, 0.5) is 10.1 Å². The highest BCUT2D eigenvalue weighted by molar-refractivity contribution is 7.99. The number of hydrogen-bond donors (Lipinski definition) is 1. The van der Waals surface area contributed by atoms with Gasteiger partial charge in [0.15, 0.2) is 0 Å². The smallest absolute Gasteiger partial charge is 0.312 e. The molecule has 2 heterocycles. The summed E-state index contributed by atoms with van der Waals surface area (Å²) in [7, 11) is 0. The molecule has 0 aliphatic carbocycles. The van der Waals surface area contributed by atoms with E-state index in [-0.39, 0.29) is 35.7 Å². The number of aryl methyl sites for hydroxylation is 1. The number of nitrogens with zero attached hydrogens (tertiary/aromatic N) is 3. The molecule has 1 atom stereocenters. The van der Waals surface area contributed by atoms with Crippen LogP contribution in [0.1, 0.15) is 29.4 Å². The van der Waals surface area contributed by atoms with Crippen molar-refractivity contribution in [1.82, 2.24) is 15.1 Å². The Labute approximate surface area is 147 Å². The molecular formula is C16H17FN4O3S. The van der Waals surface area contributed by atoms with E-state index in [2.05, 4.69) is 10.4 Å². The molecular weight excluding hydrogens is 347 g/mol. The van der Waals surface area contributed by atoms with Gasteiger partial charge in [-0.05, 0) is 31.9 Å². The molecule has 9 heteroatoms. The van der Waals surface area contributed by atoms with Crippen molar-refractivity contribution >= 4 is 23.4 Å². The molecule has 1 aromatic carbocycles. The molecule has 2 aromatic rings. The van der Waals surface area contributed by atoms with E-state index in [1.165, 1.54) is 29.4 Å². The molecule has 1 aliphatic rings. The maximum atomic E-state index is 13.9. The number of carbonyl (C=O) groups is 1. The lowest BCUT2D eigenvalue weighted by Gasteiger charge is -2.26. The largest absolute Gasteiger partial charge is 0.348 e. The highest BCUT2D eigenvalue weighted by Gasteiger charge is 2.26. The third-order valence-electron chi connectivity index (χ3n) is 4.18. The number of benzene rings is 1. The Morgan fingerprint density at radius 3 is 2.96 bits per heavy atom. The summed E-state index contributed by atoms with van der Waals surface area (Å²) in [6.07, 6.45) is 0.699. The number of fused-ring (bicyclic) bond motifs is 1. The third kappa shape index (κ3) is 3.37. The lowest BCUT2D eigenvalue weighted by atomic mass is 10.0. The number of nitro groups is 1. The number of carbonyl (C=O) groups excluding carboxylic acids is 1. The molecule has 1 N–H and O–H groups in total. The Balaban J connectivity index is 1.76. The maximum absolute atomic E-state index is 13.9. The van der Waals surface area contributed by atoms with E-state index in [1.807, 2.05) is 6.07 Å². The summed E-state index contributed by atoms with van der Waals surface area (Å²) in [5.41, 5.74) is 1.30. The number of thioether (sulfide) groups is 1. The molecule has 3 rings (SSSR count). The van der Waals surface area contributed by atoms with Crippen molar-refractivity contribution in [2.45, 2.75) is 37.8 Å². The van der Waals surface area contributed by atoms with Crippen LogP contribution < -0.4 is 5.32 Å². The van der Waals surface area contributed by atoms with E-state index in [4.69, 9.17) is 0 Å². The average Bonchev–Trinajstić information content (AvgIpc) is 2.82. The molecule has 1 unspecified atom stereocenters. The molecule has 1 aliphatic heterocycles. The zero-order valence-electron chi connectivity index (χ0n) is 13.8. The second kappa shape index (κ2) is 6.83. The van der Waals surface area contributed by atoms with E-state index >= 15 is 0 Å². The highest BCUT2D eigenvalue weighted by Crippen LogP contribution is 2.37. The summed E-state index contributed by atoms with van der Waals surface area (Å²) in [6, 6.07) is 4.57. The van der Waals surface area contributed by atoms with Gasteiger partial charge in [0, 0.05) is 10.6 Å². The fourth-order valence-electron chi connectivity index (χ4n) is 3.02. The summed E-state index contributed by atoms with van der Waals surface area (Å²) in [5.74, 6) is 0.118. The Kier molecular flexibility index (Phi) is 4.76. The molecule has 0 radical (unpaired) electrons. The summed E-state index contributed by atoms with van der Waals surface area (Å²) >= 11 is 1.44. The van der Waals surface area contributed by atoms with Crippen LogP contribution in [0, 0.1) is 29.8 Å². The summed E-state index contributed by atoms with van der Waals surface area (Å²) in [5, 5.41) is 18.0. The topological polar surface area (TPSA) is 90.1 Å². The normalized spacial score (nSPS) is 16.4. The van der Waals surface area contributed by atoms with Gasteiger partial charge in [0.2, 0.25) is 5.91 Å². The van der Waals surface area contributed by atoms with E-state index in [1.54, 1.807) is 13.0 Å². The minimum Gasteiger partial charge on any atom is -0.348 e. The SMILES string of the molecule is Cc1nn(CC(=O)NC2CCSc3c(F)cccc32)c(C)c1[N+](=O)[O-]. The molecule has 1 amide bonds. The predicted octanol–water partition coefficient (Wildman–Crippen LogP) is 2.90. The standard InChI is InChI=1S/C16H17FN4O3S/c1-9-15(21(23)24)10(2)20(19-9)8-14(22)18-13-6-7-25-16-11(13)4-3-5-12(16)17/h3-5,13H,6-8H2,1-2H3,(H,18,22). The lowest BCUT2D eigenvalue weighted by molar-refractivity contribution is -0.386. The number of nitrogens with one attached hydrogen (secondary N) is 1. The van der Waals surface area contributed by atoms with Crippen LogP contribution in [0.5, 0.6) is 0 Å². The van der Waals surface area contributed by atoms with Crippen molar-refractivity contribution in [1.29, 1.82) is 0 Å². The molecule has 132 valence electrons. The van der Waals surface area contributed by atoms with Crippen molar-refractivity contribution < 1.29 is 14.1 Å². The first-order valence-corrected chi connectivity index (χ1v) is 8.76. The summed E-state index contributed by atoms with van der Waals surface area (Å²) in [4.78, 5) is 23.5. The van der Waals surface area contributed by atoms with E-state index in [9.17, 15) is 19.3 Å². The molecule has 0 spiro atoms. The van der Waals surface area contributed by atoms with Gasteiger partial charge in [-0.2, -0.15) is 5.10 Å². The number of aromatic nitrogens is 2. The van der Waals surface area contributed by atoms with Gasteiger partial charge >= 0.3 is 5.69 Å². The van der Waals surface area contributed by atoms with Crippen LogP contribution >= 0.6 is 11.8 Å². The van der Waals surface area contributed by atoms with Crippen LogP contribution in [0.3, 0.4) is 0 Å². The van der Waals surface area contributed by atoms with Gasteiger partial charge < -0.3 is 5.32 Å². The number of halogens is 1. The van der Waals surface area contributed by atoms with E-state index in [0.29, 0.717) is 22.8 Å². The first-order chi connectivity index (χ1) is 11.9. The molecule has 7 nitrogen and oxygen atoms in total. The molecule has 0 bridgehead atoms.